The number of fused-ring (bicyclic) bond motifs is 1. The van der Waals surface area contributed by atoms with Gasteiger partial charge in [0.2, 0.25) is 5.95 Å². The van der Waals surface area contributed by atoms with Gasteiger partial charge in [-0.05, 0) is 31.4 Å². The summed E-state index contributed by atoms with van der Waals surface area (Å²) in [6.07, 6.45) is 0.682. The number of rotatable bonds is 4. The maximum absolute atomic E-state index is 12.5. The van der Waals surface area contributed by atoms with Crippen molar-refractivity contribution in [3.63, 3.8) is 0 Å². The Hall–Kier alpha value is -3.75. The molecule has 1 aliphatic heterocycles. The second-order valence-electron chi connectivity index (χ2n) is 6.56. The Bertz CT molecular complexity index is 1060. The van der Waals surface area contributed by atoms with Gasteiger partial charge in [0, 0.05) is 17.7 Å². The number of nitrogens with zero attached hydrogens (tertiary/aromatic N) is 3. The highest BCUT2D eigenvalue weighted by atomic mass is 16.6. The number of aromatic nitrogens is 3. The number of carbonyl (C=O) groups excluding carboxylic acids is 1. The molecule has 1 aliphatic rings. The largest absolute Gasteiger partial charge is 0.480 e. The van der Waals surface area contributed by atoms with E-state index in [-0.39, 0.29) is 17.5 Å². The Morgan fingerprint density at radius 2 is 2.18 bits per heavy atom. The highest BCUT2D eigenvalue weighted by Gasteiger charge is 2.27. The number of aryl methyl sites for hydroxylation is 2. The predicted octanol–water partition coefficient (Wildman–Crippen LogP) is 3.02. The van der Waals surface area contributed by atoms with Crippen LogP contribution in [0.4, 0.5) is 11.6 Å². The molecule has 0 bridgehead atoms. The monoisotopic (exact) mass is 379 g/mol. The first-order valence-corrected chi connectivity index (χ1v) is 8.74. The summed E-state index contributed by atoms with van der Waals surface area (Å²) in [5.74, 6) is 0.786. The predicted molar refractivity (Wildman–Crippen MR) is 101 cm³/mol. The Morgan fingerprint density at radius 1 is 1.32 bits per heavy atom. The molecule has 1 atom stereocenters. The Labute approximate surface area is 159 Å². The van der Waals surface area contributed by atoms with Crippen LogP contribution in [-0.2, 0) is 11.2 Å². The van der Waals surface area contributed by atoms with Gasteiger partial charge in [-0.1, -0.05) is 29.8 Å². The SMILES string of the molecule is Cc1ccc2c(c1)CCC(C(=O)Nc1n[nH]c(-c3cccc([N+](=O)[O-])c3)n1)O2. The smallest absolute Gasteiger partial charge is 0.270 e. The van der Waals surface area contributed by atoms with E-state index < -0.39 is 11.0 Å². The second kappa shape index (κ2) is 7.10. The highest BCUT2D eigenvalue weighted by Crippen LogP contribution is 2.29. The third kappa shape index (κ3) is 3.54. The molecule has 1 aromatic heterocycles. The number of H-pyrrole nitrogens is 1. The fraction of sp³-hybridized carbons (Fsp3) is 0.211. The number of benzene rings is 2. The fourth-order valence-corrected chi connectivity index (χ4v) is 3.11. The lowest BCUT2D eigenvalue weighted by Crippen LogP contribution is -2.36. The standard InChI is InChI=1S/C19H17N5O4/c1-11-5-7-15-12(9-11)6-8-16(28-15)18(25)21-19-20-17(22-23-19)13-3-2-4-14(10-13)24(26)27/h2-5,7,9-10,16H,6,8H2,1H3,(H2,20,21,22,23,25). The summed E-state index contributed by atoms with van der Waals surface area (Å²) in [4.78, 5) is 27.1. The van der Waals surface area contributed by atoms with E-state index in [0.29, 0.717) is 23.6 Å². The molecule has 4 rings (SSSR count). The molecular formula is C19H17N5O4. The van der Waals surface area contributed by atoms with Gasteiger partial charge in [0.1, 0.15) is 5.75 Å². The van der Waals surface area contributed by atoms with E-state index in [2.05, 4.69) is 26.6 Å². The quantitative estimate of drug-likeness (QED) is 0.530. The number of anilines is 1. The van der Waals surface area contributed by atoms with Crippen molar-refractivity contribution in [2.75, 3.05) is 5.32 Å². The third-order valence-corrected chi connectivity index (χ3v) is 4.50. The van der Waals surface area contributed by atoms with Crippen molar-refractivity contribution >= 4 is 17.5 Å². The van der Waals surface area contributed by atoms with Crippen LogP contribution in [0.15, 0.2) is 42.5 Å². The zero-order valence-electron chi connectivity index (χ0n) is 15.0. The van der Waals surface area contributed by atoms with Gasteiger partial charge in [0.15, 0.2) is 11.9 Å². The van der Waals surface area contributed by atoms with Crippen LogP contribution in [0.2, 0.25) is 0 Å². The Kier molecular flexibility index (Phi) is 4.48. The van der Waals surface area contributed by atoms with Gasteiger partial charge in [-0.3, -0.25) is 25.3 Å². The van der Waals surface area contributed by atoms with Crippen LogP contribution in [0.3, 0.4) is 0 Å². The van der Waals surface area contributed by atoms with E-state index in [1.54, 1.807) is 12.1 Å². The average molecular weight is 379 g/mol. The van der Waals surface area contributed by atoms with E-state index >= 15 is 0 Å². The molecule has 2 aromatic carbocycles. The molecule has 0 fully saturated rings. The van der Waals surface area contributed by atoms with Crippen molar-refractivity contribution in [1.29, 1.82) is 0 Å². The summed E-state index contributed by atoms with van der Waals surface area (Å²) in [7, 11) is 0. The van der Waals surface area contributed by atoms with Gasteiger partial charge >= 0.3 is 0 Å². The first-order valence-electron chi connectivity index (χ1n) is 8.74. The maximum Gasteiger partial charge on any atom is 0.270 e. The van der Waals surface area contributed by atoms with E-state index in [1.807, 2.05) is 19.1 Å². The number of hydrogen-bond donors (Lipinski definition) is 2. The number of nitrogens with one attached hydrogen (secondary N) is 2. The molecule has 2 N–H and O–H groups in total. The van der Waals surface area contributed by atoms with Crippen LogP contribution in [0.25, 0.3) is 11.4 Å². The van der Waals surface area contributed by atoms with E-state index in [4.69, 9.17) is 4.74 Å². The number of nitro groups is 1. The summed E-state index contributed by atoms with van der Waals surface area (Å²) in [5.41, 5.74) is 2.69. The summed E-state index contributed by atoms with van der Waals surface area (Å²) >= 11 is 0. The first-order chi connectivity index (χ1) is 13.5. The number of aromatic amines is 1. The molecule has 9 heteroatoms. The average Bonchev–Trinajstić information content (AvgIpc) is 3.16. The Morgan fingerprint density at radius 3 is 3.00 bits per heavy atom. The summed E-state index contributed by atoms with van der Waals surface area (Å²) in [6, 6.07) is 11.9. The molecule has 3 aromatic rings. The minimum atomic E-state index is -0.630. The van der Waals surface area contributed by atoms with Gasteiger partial charge in [-0.25, -0.2) is 0 Å². The lowest BCUT2D eigenvalue weighted by atomic mass is 10.00. The third-order valence-electron chi connectivity index (χ3n) is 4.50. The van der Waals surface area contributed by atoms with E-state index in [1.165, 1.54) is 12.1 Å². The molecule has 2 heterocycles. The van der Waals surface area contributed by atoms with Crippen molar-refractivity contribution < 1.29 is 14.5 Å². The number of carbonyl (C=O) groups is 1. The molecule has 1 amide bonds. The molecule has 0 saturated heterocycles. The van der Waals surface area contributed by atoms with Crippen LogP contribution in [0.5, 0.6) is 5.75 Å². The molecular weight excluding hydrogens is 362 g/mol. The van der Waals surface area contributed by atoms with Gasteiger partial charge in [-0.15, -0.1) is 5.10 Å². The van der Waals surface area contributed by atoms with Gasteiger partial charge < -0.3 is 4.74 Å². The number of amides is 1. The lowest BCUT2D eigenvalue weighted by Gasteiger charge is -2.25. The van der Waals surface area contributed by atoms with Crippen molar-refractivity contribution in [2.24, 2.45) is 0 Å². The molecule has 0 aliphatic carbocycles. The minimum Gasteiger partial charge on any atom is -0.480 e. The first kappa shape index (κ1) is 17.7. The molecule has 0 saturated carbocycles. The summed E-state index contributed by atoms with van der Waals surface area (Å²) in [6.45, 7) is 2.02. The molecule has 9 nitrogen and oxygen atoms in total. The number of nitro benzene ring substituents is 1. The number of ether oxygens (including phenoxy) is 1. The van der Waals surface area contributed by atoms with E-state index in [9.17, 15) is 14.9 Å². The summed E-state index contributed by atoms with van der Waals surface area (Å²) in [5, 5.41) is 20.2. The fourth-order valence-electron chi connectivity index (χ4n) is 3.11. The van der Waals surface area contributed by atoms with Crippen molar-refractivity contribution in [3.05, 3.63) is 63.7 Å². The number of hydrogen-bond acceptors (Lipinski definition) is 6. The topological polar surface area (TPSA) is 123 Å². The molecule has 0 spiro atoms. The molecule has 1 unspecified atom stereocenters. The molecule has 28 heavy (non-hydrogen) atoms. The molecule has 142 valence electrons. The number of non-ortho nitro benzene ring substituents is 1. The Balaban J connectivity index is 1.45. The van der Waals surface area contributed by atoms with E-state index in [0.717, 1.165) is 17.5 Å². The van der Waals surface area contributed by atoms with Gasteiger partial charge in [-0.2, -0.15) is 4.98 Å². The highest BCUT2D eigenvalue weighted by molar-refractivity contribution is 5.93. The van der Waals surface area contributed by atoms with Crippen molar-refractivity contribution in [2.45, 2.75) is 25.9 Å². The summed E-state index contributed by atoms with van der Waals surface area (Å²) < 4.78 is 5.80. The molecule has 0 radical (unpaired) electrons. The maximum atomic E-state index is 12.5. The lowest BCUT2D eigenvalue weighted by molar-refractivity contribution is -0.384. The van der Waals surface area contributed by atoms with Crippen molar-refractivity contribution in [3.8, 4) is 17.1 Å². The van der Waals surface area contributed by atoms with Crippen LogP contribution in [0, 0.1) is 17.0 Å². The zero-order valence-corrected chi connectivity index (χ0v) is 15.0. The van der Waals surface area contributed by atoms with Gasteiger partial charge in [0.25, 0.3) is 11.6 Å². The van der Waals surface area contributed by atoms with Gasteiger partial charge in [0.05, 0.1) is 4.92 Å². The zero-order chi connectivity index (χ0) is 19.7. The van der Waals surface area contributed by atoms with Crippen LogP contribution >= 0.6 is 0 Å². The minimum absolute atomic E-state index is 0.0519. The van der Waals surface area contributed by atoms with Crippen LogP contribution in [0.1, 0.15) is 17.5 Å². The second-order valence-corrected chi connectivity index (χ2v) is 6.56. The normalized spacial score (nSPS) is 15.4. The van der Waals surface area contributed by atoms with Crippen molar-refractivity contribution in [1.82, 2.24) is 15.2 Å². The van der Waals surface area contributed by atoms with Crippen LogP contribution in [-0.4, -0.2) is 32.1 Å². The van der Waals surface area contributed by atoms with Crippen LogP contribution < -0.4 is 10.1 Å².